The van der Waals surface area contributed by atoms with Gasteiger partial charge in [0, 0.05) is 24.9 Å². The maximum atomic E-state index is 11.6. The molecule has 1 aromatic heterocycles. The van der Waals surface area contributed by atoms with Crippen LogP contribution in [0.5, 0.6) is 5.75 Å². The fourth-order valence-corrected chi connectivity index (χ4v) is 1.81. The number of aromatic nitrogens is 2. The molecule has 0 atom stereocenters. The Morgan fingerprint density at radius 3 is 3.05 bits per heavy atom. The second-order valence-corrected chi connectivity index (χ2v) is 4.74. The van der Waals surface area contributed by atoms with Gasteiger partial charge in [-0.25, -0.2) is 0 Å². The molecule has 1 amide bonds. The van der Waals surface area contributed by atoms with Gasteiger partial charge >= 0.3 is 0 Å². The van der Waals surface area contributed by atoms with Crippen LogP contribution in [0, 0.1) is 6.92 Å². The lowest BCUT2D eigenvalue weighted by molar-refractivity contribution is -0.116. The molecule has 5 nitrogen and oxygen atoms in total. The zero-order valence-corrected chi connectivity index (χ0v) is 12.2. The largest absolute Gasteiger partial charge is 0.492 e. The molecule has 0 radical (unpaired) electrons. The van der Waals surface area contributed by atoms with Crippen LogP contribution >= 0.6 is 0 Å². The van der Waals surface area contributed by atoms with Gasteiger partial charge in [-0.2, -0.15) is 5.10 Å². The minimum absolute atomic E-state index is 0.147. The average Bonchev–Trinajstić information content (AvgIpc) is 2.87. The Hall–Kier alpha value is -2.56. The first kappa shape index (κ1) is 14.8. The molecule has 21 heavy (non-hydrogen) atoms. The Bertz CT molecular complexity index is 632. The van der Waals surface area contributed by atoms with Crippen molar-refractivity contribution in [2.75, 3.05) is 13.2 Å². The van der Waals surface area contributed by atoms with E-state index in [4.69, 9.17) is 4.74 Å². The summed E-state index contributed by atoms with van der Waals surface area (Å²) in [6, 6.07) is 7.82. The SMILES string of the molecule is Cc1cccc(OCCNC(=O)/C=C/c2cnn(C)c2)c1. The molecule has 0 aliphatic carbocycles. The number of carbonyl (C=O) groups is 1. The van der Waals surface area contributed by atoms with Crippen LogP contribution in [0.2, 0.25) is 0 Å². The molecule has 2 rings (SSSR count). The highest BCUT2D eigenvalue weighted by Gasteiger charge is 1.97. The molecule has 2 aromatic rings. The average molecular weight is 285 g/mol. The molecule has 0 spiro atoms. The molecule has 110 valence electrons. The monoisotopic (exact) mass is 285 g/mol. The summed E-state index contributed by atoms with van der Waals surface area (Å²) in [5.41, 5.74) is 2.04. The third-order valence-electron chi connectivity index (χ3n) is 2.81. The van der Waals surface area contributed by atoms with Crippen LogP contribution in [-0.4, -0.2) is 28.8 Å². The van der Waals surface area contributed by atoms with E-state index in [-0.39, 0.29) is 5.91 Å². The van der Waals surface area contributed by atoms with E-state index in [1.807, 2.05) is 44.4 Å². The summed E-state index contributed by atoms with van der Waals surface area (Å²) in [7, 11) is 1.83. The maximum absolute atomic E-state index is 11.6. The predicted octanol–water partition coefficient (Wildman–Crippen LogP) is 1.94. The van der Waals surface area contributed by atoms with Crippen molar-refractivity contribution < 1.29 is 9.53 Å². The van der Waals surface area contributed by atoms with E-state index >= 15 is 0 Å². The highest BCUT2D eigenvalue weighted by atomic mass is 16.5. The second kappa shape index (κ2) is 7.28. The highest BCUT2D eigenvalue weighted by Crippen LogP contribution is 2.11. The van der Waals surface area contributed by atoms with E-state index in [0.29, 0.717) is 13.2 Å². The Morgan fingerprint density at radius 1 is 1.48 bits per heavy atom. The van der Waals surface area contributed by atoms with Gasteiger partial charge < -0.3 is 10.1 Å². The van der Waals surface area contributed by atoms with Crippen LogP contribution in [0.4, 0.5) is 0 Å². The molecule has 0 unspecified atom stereocenters. The molecule has 0 saturated carbocycles. The fourth-order valence-electron chi connectivity index (χ4n) is 1.81. The van der Waals surface area contributed by atoms with Crippen LogP contribution in [-0.2, 0) is 11.8 Å². The molecule has 0 aliphatic rings. The Balaban J connectivity index is 1.68. The van der Waals surface area contributed by atoms with Crippen LogP contribution in [0.1, 0.15) is 11.1 Å². The van der Waals surface area contributed by atoms with Crippen LogP contribution in [0.3, 0.4) is 0 Å². The number of carbonyl (C=O) groups excluding carboxylic acids is 1. The van der Waals surface area contributed by atoms with E-state index in [1.165, 1.54) is 6.08 Å². The van der Waals surface area contributed by atoms with Crippen LogP contribution < -0.4 is 10.1 Å². The van der Waals surface area contributed by atoms with Gasteiger partial charge in [-0.1, -0.05) is 12.1 Å². The van der Waals surface area contributed by atoms with Gasteiger partial charge in [0.1, 0.15) is 12.4 Å². The van der Waals surface area contributed by atoms with E-state index in [2.05, 4.69) is 10.4 Å². The predicted molar refractivity (Wildman–Crippen MR) is 81.9 cm³/mol. The van der Waals surface area contributed by atoms with Crippen molar-refractivity contribution in [3.8, 4) is 5.75 Å². The number of nitrogens with one attached hydrogen (secondary N) is 1. The number of ether oxygens (including phenoxy) is 1. The number of amides is 1. The summed E-state index contributed by atoms with van der Waals surface area (Å²) in [4.78, 5) is 11.6. The normalized spacial score (nSPS) is 10.8. The van der Waals surface area contributed by atoms with Crippen molar-refractivity contribution in [3.63, 3.8) is 0 Å². The first-order valence-electron chi connectivity index (χ1n) is 6.77. The van der Waals surface area contributed by atoms with Gasteiger partial charge in [-0.05, 0) is 30.7 Å². The molecule has 0 aliphatic heterocycles. The zero-order valence-electron chi connectivity index (χ0n) is 12.2. The number of rotatable bonds is 6. The summed E-state index contributed by atoms with van der Waals surface area (Å²) in [6.45, 7) is 2.91. The summed E-state index contributed by atoms with van der Waals surface area (Å²) >= 11 is 0. The number of aryl methyl sites for hydroxylation is 2. The topological polar surface area (TPSA) is 56.1 Å². The van der Waals surface area contributed by atoms with Crippen LogP contribution in [0.25, 0.3) is 6.08 Å². The molecule has 1 N–H and O–H groups in total. The van der Waals surface area contributed by atoms with E-state index < -0.39 is 0 Å². The van der Waals surface area contributed by atoms with Gasteiger partial charge in [-0.15, -0.1) is 0 Å². The Kier molecular flexibility index (Phi) is 5.15. The van der Waals surface area contributed by atoms with Crippen molar-refractivity contribution in [1.29, 1.82) is 0 Å². The van der Waals surface area contributed by atoms with Gasteiger partial charge in [0.15, 0.2) is 0 Å². The third kappa shape index (κ3) is 5.14. The lowest BCUT2D eigenvalue weighted by Gasteiger charge is -2.07. The third-order valence-corrected chi connectivity index (χ3v) is 2.81. The van der Waals surface area contributed by atoms with Gasteiger partial charge in [0.25, 0.3) is 0 Å². The van der Waals surface area contributed by atoms with E-state index in [1.54, 1.807) is 17.0 Å². The van der Waals surface area contributed by atoms with Crippen molar-refractivity contribution in [2.24, 2.45) is 7.05 Å². The van der Waals surface area contributed by atoms with Crippen molar-refractivity contribution >= 4 is 12.0 Å². The zero-order chi connectivity index (χ0) is 15.1. The number of benzene rings is 1. The minimum atomic E-state index is -0.147. The van der Waals surface area contributed by atoms with Gasteiger partial charge in [-0.3, -0.25) is 9.48 Å². The number of hydrogen-bond acceptors (Lipinski definition) is 3. The lowest BCUT2D eigenvalue weighted by atomic mass is 10.2. The quantitative estimate of drug-likeness (QED) is 0.652. The molecular weight excluding hydrogens is 266 g/mol. The molecular formula is C16H19N3O2. The standard InChI is InChI=1S/C16H19N3O2/c1-13-4-3-5-15(10-13)21-9-8-17-16(20)7-6-14-11-18-19(2)12-14/h3-7,10-12H,8-9H2,1-2H3,(H,17,20)/b7-6+. The number of nitrogens with zero attached hydrogens (tertiary/aromatic N) is 2. The first-order chi connectivity index (χ1) is 10.1. The molecule has 0 bridgehead atoms. The van der Waals surface area contributed by atoms with Crippen molar-refractivity contribution in [1.82, 2.24) is 15.1 Å². The van der Waals surface area contributed by atoms with Gasteiger partial charge in [0.2, 0.25) is 5.91 Å². The van der Waals surface area contributed by atoms with Gasteiger partial charge in [0.05, 0.1) is 12.7 Å². The molecule has 5 heteroatoms. The maximum Gasteiger partial charge on any atom is 0.244 e. The highest BCUT2D eigenvalue weighted by molar-refractivity contribution is 5.91. The summed E-state index contributed by atoms with van der Waals surface area (Å²) in [5.74, 6) is 0.668. The molecule has 0 saturated heterocycles. The first-order valence-corrected chi connectivity index (χ1v) is 6.77. The minimum Gasteiger partial charge on any atom is -0.492 e. The Labute approximate surface area is 124 Å². The lowest BCUT2D eigenvalue weighted by Crippen LogP contribution is -2.26. The Morgan fingerprint density at radius 2 is 2.33 bits per heavy atom. The smallest absolute Gasteiger partial charge is 0.244 e. The fraction of sp³-hybridized carbons (Fsp3) is 0.250. The molecule has 1 aromatic carbocycles. The summed E-state index contributed by atoms with van der Waals surface area (Å²) in [5, 5.41) is 6.79. The summed E-state index contributed by atoms with van der Waals surface area (Å²) < 4.78 is 7.24. The summed E-state index contributed by atoms with van der Waals surface area (Å²) in [6.07, 6.45) is 6.75. The van der Waals surface area contributed by atoms with Crippen molar-refractivity contribution in [2.45, 2.75) is 6.92 Å². The molecule has 0 fully saturated rings. The van der Waals surface area contributed by atoms with Crippen molar-refractivity contribution in [3.05, 3.63) is 53.9 Å². The van der Waals surface area contributed by atoms with E-state index in [0.717, 1.165) is 16.9 Å². The number of hydrogen-bond donors (Lipinski definition) is 1. The molecule has 1 heterocycles. The van der Waals surface area contributed by atoms with Crippen LogP contribution in [0.15, 0.2) is 42.7 Å². The van der Waals surface area contributed by atoms with E-state index in [9.17, 15) is 4.79 Å². The second-order valence-electron chi connectivity index (χ2n) is 4.74.